The second-order valence-electron chi connectivity index (χ2n) is 5.98. The molecule has 1 fully saturated rings. The second kappa shape index (κ2) is 7.27. The number of pyridine rings is 1. The fraction of sp³-hybridized carbons (Fsp3) is 0.529. The molecule has 1 saturated heterocycles. The molecule has 0 spiro atoms. The van der Waals surface area contributed by atoms with Crippen molar-refractivity contribution in [3.8, 4) is 5.75 Å². The van der Waals surface area contributed by atoms with Crippen LogP contribution in [0.3, 0.4) is 0 Å². The van der Waals surface area contributed by atoms with Crippen LogP contribution in [0.4, 0.5) is 5.13 Å². The zero-order valence-corrected chi connectivity index (χ0v) is 14.9. The molecule has 0 radical (unpaired) electrons. The van der Waals surface area contributed by atoms with Crippen molar-refractivity contribution in [1.82, 2.24) is 14.9 Å². The zero-order valence-electron chi connectivity index (χ0n) is 14.1. The van der Waals surface area contributed by atoms with E-state index in [0.29, 0.717) is 0 Å². The summed E-state index contributed by atoms with van der Waals surface area (Å²) in [5.41, 5.74) is 3.38. The van der Waals surface area contributed by atoms with Crippen LogP contribution >= 0.6 is 11.3 Å². The lowest BCUT2D eigenvalue weighted by molar-refractivity contribution is 0.280. The first-order valence-electron chi connectivity index (χ1n) is 8.05. The molecule has 0 amide bonds. The number of hydrogen-bond acceptors (Lipinski definition) is 6. The molecule has 0 atom stereocenters. The number of hydrogen-bond donors (Lipinski definition) is 0. The Kier molecular flexibility index (Phi) is 5.13. The van der Waals surface area contributed by atoms with Crippen molar-refractivity contribution in [2.45, 2.75) is 26.8 Å². The molecule has 0 aromatic carbocycles. The predicted molar refractivity (Wildman–Crippen MR) is 94.5 cm³/mol. The van der Waals surface area contributed by atoms with E-state index >= 15 is 0 Å². The first-order valence-corrected chi connectivity index (χ1v) is 8.93. The van der Waals surface area contributed by atoms with Gasteiger partial charge >= 0.3 is 0 Å². The van der Waals surface area contributed by atoms with Crippen molar-refractivity contribution in [2.24, 2.45) is 0 Å². The summed E-state index contributed by atoms with van der Waals surface area (Å²) in [6.45, 7) is 9.27. The van der Waals surface area contributed by atoms with Crippen LogP contribution in [0, 0.1) is 13.8 Å². The van der Waals surface area contributed by atoms with E-state index < -0.39 is 0 Å². The van der Waals surface area contributed by atoms with E-state index in [-0.39, 0.29) is 0 Å². The highest BCUT2D eigenvalue weighted by atomic mass is 32.1. The van der Waals surface area contributed by atoms with Gasteiger partial charge in [0.15, 0.2) is 5.13 Å². The van der Waals surface area contributed by atoms with Gasteiger partial charge in [-0.25, -0.2) is 4.98 Å². The number of methoxy groups -OCH3 is 1. The fourth-order valence-corrected chi connectivity index (χ4v) is 3.83. The van der Waals surface area contributed by atoms with E-state index in [4.69, 9.17) is 4.74 Å². The number of rotatable bonds is 4. The van der Waals surface area contributed by atoms with Crippen molar-refractivity contribution < 1.29 is 4.74 Å². The number of anilines is 1. The smallest absolute Gasteiger partial charge is 0.185 e. The molecular formula is C17H24N4OS. The average Bonchev–Trinajstić information content (AvgIpc) is 2.98. The summed E-state index contributed by atoms with van der Waals surface area (Å²) in [7, 11) is 1.73. The van der Waals surface area contributed by atoms with Crippen LogP contribution in [-0.4, -0.2) is 48.2 Å². The first-order chi connectivity index (χ1) is 11.2. The standard InChI is InChI=1S/C17H24N4OS/c1-13-11-19-15(14(2)16(13)22-3)12-20-6-4-7-21(9-8-20)17-18-5-10-23-17/h5,10-11H,4,6-9,12H2,1-3H3. The van der Waals surface area contributed by atoms with E-state index in [9.17, 15) is 0 Å². The van der Waals surface area contributed by atoms with Gasteiger partial charge in [-0.05, 0) is 20.3 Å². The van der Waals surface area contributed by atoms with Gasteiger partial charge in [0, 0.05) is 61.6 Å². The molecule has 3 heterocycles. The number of thiazole rings is 1. The maximum absolute atomic E-state index is 5.52. The minimum Gasteiger partial charge on any atom is -0.496 e. The van der Waals surface area contributed by atoms with Crippen LogP contribution in [0.2, 0.25) is 0 Å². The predicted octanol–water partition coefficient (Wildman–Crippen LogP) is 2.88. The fourth-order valence-electron chi connectivity index (χ4n) is 3.13. The second-order valence-corrected chi connectivity index (χ2v) is 6.85. The van der Waals surface area contributed by atoms with Crippen LogP contribution in [0.5, 0.6) is 5.75 Å². The number of aryl methyl sites for hydroxylation is 1. The van der Waals surface area contributed by atoms with Gasteiger partial charge in [0.1, 0.15) is 5.75 Å². The summed E-state index contributed by atoms with van der Waals surface area (Å²) in [6.07, 6.45) is 4.96. The molecule has 2 aromatic rings. The van der Waals surface area contributed by atoms with Gasteiger partial charge < -0.3 is 9.64 Å². The Balaban J connectivity index is 1.67. The highest BCUT2D eigenvalue weighted by Gasteiger charge is 2.18. The molecule has 1 aliphatic heterocycles. The van der Waals surface area contributed by atoms with Gasteiger partial charge in [-0.1, -0.05) is 0 Å². The van der Waals surface area contributed by atoms with E-state index in [1.165, 1.54) is 0 Å². The molecule has 1 aliphatic rings. The Morgan fingerprint density at radius 1 is 1.17 bits per heavy atom. The molecule has 0 aliphatic carbocycles. The van der Waals surface area contributed by atoms with Gasteiger partial charge in [-0.2, -0.15) is 0 Å². The maximum Gasteiger partial charge on any atom is 0.185 e. The van der Waals surface area contributed by atoms with Crippen LogP contribution < -0.4 is 9.64 Å². The average molecular weight is 332 g/mol. The molecule has 124 valence electrons. The Morgan fingerprint density at radius 3 is 2.78 bits per heavy atom. The van der Waals surface area contributed by atoms with Gasteiger partial charge in [-0.3, -0.25) is 9.88 Å². The Bertz CT molecular complexity index is 644. The van der Waals surface area contributed by atoms with Crippen molar-refractivity contribution in [2.75, 3.05) is 38.2 Å². The van der Waals surface area contributed by atoms with E-state index in [1.54, 1.807) is 18.4 Å². The molecular weight excluding hydrogens is 308 g/mol. The lowest BCUT2D eigenvalue weighted by atomic mass is 10.1. The lowest BCUT2D eigenvalue weighted by Crippen LogP contribution is -2.30. The Labute approximate surface area is 141 Å². The van der Waals surface area contributed by atoms with Crippen LogP contribution in [0.25, 0.3) is 0 Å². The molecule has 3 rings (SSSR count). The van der Waals surface area contributed by atoms with Crippen LogP contribution in [0.15, 0.2) is 17.8 Å². The third-order valence-corrected chi connectivity index (χ3v) is 5.23. The maximum atomic E-state index is 5.52. The summed E-state index contributed by atoms with van der Waals surface area (Å²) in [4.78, 5) is 13.9. The largest absolute Gasteiger partial charge is 0.496 e. The van der Waals surface area contributed by atoms with Crippen molar-refractivity contribution in [3.05, 3.63) is 34.6 Å². The Hall–Kier alpha value is -1.66. The molecule has 5 nitrogen and oxygen atoms in total. The first kappa shape index (κ1) is 16.2. The SMILES string of the molecule is COc1c(C)cnc(CN2CCCN(c3nccs3)CC2)c1C. The van der Waals surface area contributed by atoms with Gasteiger partial charge in [0.25, 0.3) is 0 Å². The van der Waals surface area contributed by atoms with Crippen molar-refractivity contribution in [3.63, 3.8) is 0 Å². The van der Waals surface area contributed by atoms with E-state index in [1.807, 2.05) is 24.7 Å². The molecule has 0 bridgehead atoms. The van der Waals surface area contributed by atoms with Crippen molar-refractivity contribution >= 4 is 16.5 Å². The van der Waals surface area contributed by atoms with Gasteiger partial charge in [-0.15, -0.1) is 11.3 Å². The molecule has 23 heavy (non-hydrogen) atoms. The summed E-state index contributed by atoms with van der Waals surface area (Å²) >= 11 is 1.72. The molecule has 6 heteroatoms. The minimum absolute atomic E-state index is 0.883. The molecule has 0 saturated carbocycles. The highest BCUT2D eigenvalue weighted by molar-refractivity contribution is 7.13. The highest BCUT2D eigenvalue weighted by Crippen LogP contribution is 2.25. The lowest BCUT2D eigenvalue weighted by Gasteiger charge is -2.22. The van der Waals surface area contributed by atoms with Crippen molar-refractivity contribution in [1.29, 1.82) is 0 Å². The molecule has 2 aromatic heterocycles. The summed E-state index contributed by atoms with van der Waals surface area (Å²) < 4.78 is 5.52. The van der Waals surface area contributed by atoms with Crippen LogP contribution in [-0.2, 0) is 6.54 Å². The summed E-state index contributed by atoms with van der Waals surface area (Å²) in [5.74, 6) is 0.967. The zero-order chi connectivity index (χ0) is 16.2. The van der Waals surface area contributed by atoms with Gasteiger partial charge in [0.05, 0.1) is 12.8 Å². The Morgan fingerprint density at radius 2 is 2.04 bits per heavy atom. The quantitative estimate of drug-likeness (QED) is 0.861. The molecule has 0 unspecified atom stereocenters. The number of ether oxygens (including phenoxy) is 1. The monoisotopic (exact) mass is 332 g/mol. The topological polar surface area (TPSA) is 41.5 Å². The summed E-state index contributed by atoms with van der Waals surface area (Å²) in [6, 6.07) is 0. The molecule has 0 N–H and O–H groups in total. The summed E-state index contributed by atoms with van der Waals surface area (Å²) in [5, 5.41) is 3.18. The van der Waals surface area contributed by atoms with E-state index in [0.717, 1.165) is 66.8 Å². The normalized spacial score (nSPS) is 16.4. The number of aromatic nitrogens is 2. The number of nitrogens with zero attached hydrogens (tertiary/aromatic N) is 4. The van der Waals surface area contributed by atoms with E-state index in [2.05, 4.69) is 26.7 Å². The van der Waals surface area contributed by atoms with Gasteiger partial charge in [0.2, 0.25) is 0 Å². The van der Waals surface area contributed by atoms with Crippen LogP contribution in [0.1, 0.15) is 23.2 Å². The third-order valence-electron chi connectivity index (χ3n) is 4.40. The minimum atomic E-state index is 0.883. The third kappa shape index (κ3) is 3.64.